The van der Waals surface area contributed by atoms with Gasteiger partial charge in [0, 0.05) is 5.69 Å². The van der Waals surface area contributed by atoms with Crippen LogP contribution in [0.25, 0.3) is 0 Å². The number of methoxy groups -OCH3 is 1. The van der Waals surface area contributed by atoms with E-state index in [4.69, 9.17) is 9.47 Å². The van der Waals surface area contributed by atoms with Crippen LogP contribution in [0.4, 0.5) is 17.3 Å². The third-order valence-corrected chi connectivity index (χ3v) is 3.33. The number of ether oxygens (including phenoxy) is 2. The first-order valence-electron chi connectivity index (χ1n) is 7.44. The van der Waals surface area contributed by atoms with Crippen LogP contribution in [-0.2, 0) is 0 Å². The van der Waals surface area contributed by atoms with Gasteiger partial charge in [0.2, 0.25) is 5.95 Å². The second-order valence-corrected chi connectivity index (χ2v) is 5.09. The molecule has 3 rings (SSSR count). The molecule has 1 heterocycles. The number of aromatic hydroxyl groups is 1. The van der Waals surface area contributed by atoms with Crippen molar-refractivity contribution in [1.29, 1.82) is 0 Å². The van der Waals surface area contributed by atoms with Crippen LogP contribution in [0.5, 0.6) is 23.1 Å². The molecule has 132 valence electrons. The molecule has 0 fully saturated rings. The van der Waals surface area contributed by atoms with Gasteiger partial charge in [0.15, 0.2) is 0 Å². The minimum atomic E-state index is -0.632. The minimum Gasteiger partial charge on any atom is -0.508 e. The summed E-state index contributed by atoms with van der Waals surface area (Å²) in [5.41, 5.74) is 0.300. The molecule has 0 spiro atoms. The van der Waals surface area contributed by atoms with E-state index in [1.807, 2.05) is 0 Å². The Balaban J connectivity index is 1.87. The molecule has 2 N–H and O–H groups in total. The van der Waals surface area contributed by atoms with Gasteiger partial charge in [-0.2, -0.15) is 4.98 Å². The summed E-state index contributed by atoms with van der Waals surface area (Å²) in [4.78, 5) is 18.6. The smallest absolute Gasteiger partial charge is 0.349 e. The van der Waals surface area contributed by atoms with Crippen LogP contribution in [0, 0.1) is 10.1 Å². The maximum absolute atomic E-state index is 11.2. The molecule has 0 unspecified atom stereocenters. The van der Waals surface area contributed by atoms with Gasteiger partial charge in [0.05, 0.1) is 12.0 Å². The van der Waals surface area contributed by atoms with Gasteiger partial charge in [-0.1, -0.05) is 0 Å². The lowest BCUT2D eigenvalue weighted by molar-refractivity contribution is -0.386. The summed E-state index contributed by atoms with van der Waals surface area (Å²) in [7, 11) is 1.56. The molecule has 2 aromatic carbocycles. The maximum atomic E-state index is 11.2. The molecule has 0 radical (unpaired) electrons. The first-order valence-corrected chi connectivity index (χ1v) is 7.44. The number of phenols is 1. The van der Waals surface area contributed by atoms with E-state index in [1.165, 1.54) is 24.3 Å². The van der Waals surface area contributed by atoms with E-state index in [0.29, 0.717) is 17.2 Å². The SMILES string of the molecule is COc1ccc(Nc2ncc([N+](=O)[O-])c(Oc3ccc(O)cc3)n2)cc1. The Bertz CT molecular complexity index is 913. The highest BCUT2D eigenvalue weighted by Crippen LogP contribution is 2.31. The van der Waals surface area contributed by atoms with E-state index in [1.54, 1.807) is 31.4 Å². The Morgan fingerprint density at radius 2 is 1.73 bits per heavy atom. The molecule has 0 aliphatic heterocycles. The zero-order valence-corrected chi connectivity index (χ0v) is 13.6. The fraction of sp³-hybridized carbons (Fsp3) is 0.0588. The second kappa shape index (κ2) is 7.34. The van der Waals surface area contributed by atoms with Gasteiger partial charge in [-0.15, -0.1) is 0 Å². The second-order valence-electron chi connectivity index (χ2n) is 5.09. The van der Waals surface area contributed by atoms with Crippen molar-refractivity contribution in [1.82, 2.24) is 9.97 Å². The van der Waals surface area contributed by atoms with Crippen molar-refractivity contribution in [2.75, 3.05) is 12.4 Å². The standard InChI is InChI=1S/C17H14N4O5/c1-25-13-6-2-11(3-7-13)19-17-18-10-15(21(23)24)16(20-17)26-14-8-4-12(22)5-9-14/h2-10,22H,1H3,(H,18,19,20). The highest BCUT2D eigenvalue weighted by Gasteiger charge is 2.20. The van der Waals surface area contributed by atoms with Crippen molar-refractivity contribution in [3.63, 3.8) is 0 Å². The van der Waals surface area contributed by atoms with Crippen LogP contribution in [0.2, 0.25) is 0 Å². The molecule has 9 heteroatoms. The van der Waals surface area contributed by atoms with Gasteiger partial charge in [0.25, 0.3) is 0 Å². The Morgan fingerprint density at radius 3 is 2.35 bits per heavy atom. The molecule has 0 saturated heterocycles. The molecule has 0 bridgehead atoms. The number of rotatable bonds is 6. The lowest BCUT2D eigenvalue weighted by Crippen LogP contribution is -2.02. The van der Waals surface area contributed by atoms with Gasteiger partial charge in [0.1, 0.15) is 23.4 Å². The summed E-state index contributed by atoms with van der Waals surface area (Å²) >= 11 is 0. The first kappa shape index (κ1) is 17.0. The molecule has 3 aromatic rings. The van der Waals surface area contributed by atoms with E-state index in [0.717, 1.165) is 6.20 Å². The van der Waals surface area contributed by atoms with Crippen molar-refractivity contribution in [2.45, 2.75) is 0 Å². The molecular weight excluding hydrogens is 340 g/mol. The summed E-state index contributed by atoms with van der Waals surface area (Å²) in [5.74, 6) is 0.953. The summed E-state index contributed by atoms with van der Waals surface area (Å²) in [6.07, 6.45) is 1.06. The molecule has 0 aliphatic carbocycles. The summed E-state index contributed by atoms with van der Waals surface area (Å²) < 4.78 is 10.6. The average Bonchev–Trinajstić information content (AvgIpc) is 2.64. The predicted octanol–water partition coefficient (Wildman–Crippen LogP) is 3.63. The molecule has 26 heavy (non-hydrogen) atoms. The molecule has 0 amide bonds. The van der Waals surface area contributed by atoms with Gasteiger partial charge in [-0.25, -0.2) is 4.98 Å². The van der Waals surface area contributed by atoms with Crippen LogP contribution >= 0.6 is 0 Å². The summed E-state index contributed by atoms with van der Waals surface area (Å²) in [6.45, 7) is 0. The van der Waals surface area contributed by atoms with E-state index in [9.17, 15) is 15.2 Å². The average molecular weight is 354 g/mol. The molecule has 0 saturated carbocycles. The highest BCUT2D eigenvalue weighted by molar-refractivity contribution is 5.56. The van der Waals surface area contributed by atoms with Crippen LogP contribution in [0.1, 0.15) is 0 Å². The van der Waals surface area contributed by atoms with Crippen LogP contribution in [0.3, 0.4) is 0 Å². The fourth-order valence-corrected chi connectivity index (χ4v) is 2.05. The monoisotopic (exact) mass is 354 g/mol. The summed E-state index contributed by atoms with van der Waals surface area (Å²) in [6, 6.07) is 12.8. The van der Waals surface area contributed by atoms with Crippen molar-refractivity contribution in [2.24, 2.45) is 0 Å². The number of aromatic nitrogens is 2. The van der Waals surface area contributed by atoms with E-state index >= 15 is 0 Å². The Morgan fingerprint density at radius 1 is 1.08 bits per heavy atom. The minimum absolute atomic E-state index is 0.0522. The van der Waals surface area contributed by atoms with Crippen molar-refractivity contribution < 1.29 is 19.5 Å². The number of nitrogens with zero attached hydrogens (tertiary/aromatic N) is 3. The highest BCUT2D eigenvalue weighted by atomic mass is 16.6. The Hall–Kier alpha value is -3.88. The largest absolute Gasteiger partial charge is 0.508 e. The maximum Gasteiger partial charge on any atom is 0.349 e. The van der Waals surface area contributed by atoms with Crippen LogP contribution in [-0.4, -0.2) is 27.1 Å². The topological polar surface area (TPSA) is 120 Å². The van der Waals surface area contributed by atoms with Gasteiger partial charge in [-0.3, -0.25) is 10.1 Å². The quantitative estimate of drug-likeness (QED) is 0.508. The fourth-order valence-electron chi connectivity index (χ4n) is 2.05. The number of benzene rings is 2. The number of hydrogen-bond donors (Lipinski definition) is 2. The van der Waals surface area contributed by atoms with E-state index in [-0.39, 0.29) is 23.3 Å². The number of nitro groups is 1. The Kier molecular flexibility index (Phi) is 4.79. The third kappa shape index (κ3) is 3.96. The number of anilines is 2. The zero-order valence-electron chi connectivity index (χ0n) is 13.6. The van der Waals surface area contributed by atoms with Crippen molar-refractivity contribution >= 4 is 17.3 Å². The molecular formula is C17H14N4O5. The lowest BCUT2D eigenvalue weighted by Gasteiger charge is -2.09. The van der Waals surface area contributed by atoms with Gasteiger partial charge in [-0.05, 0) is 48.5 Å². The molecule has 1 aromatic heterocycles. The normalized spacial score (nSPS) is 10.2. The van der Waals surface area contributed by atoms with Crippen molar-refractivity contribution in [3.05, 3.63) is 64.8 Å². The van der Waals surface area contributed by atoms with E-state index in [2.05, 4.69) is 15.3 Å². The molecule has 9 nitrogen and oxygen atoms in total. The van der Waals surface area contributed by atoms with Crippen LogP contribution < -0.4 is 14.8 Å². The number of hydrogen-bond acceptors (Lipinski definition) is 8. The first-order chi connectivity index (χ1) is 12.5. The zero-order chi connectivity index (χ0) is 18.5. The van der Waals surface area contributed by atoms with Gasteiger partial charge < -0.3 is 19.9 Å². The third-order valence-electron chi connectivity index (χ3n) is 3.33. The molecule has 0 aliphatic rings. The number of phenolic OH excluding ortho intramolecular Hbond substituents is 1. The summed E-state index contributed by atoms with van der Waals surface area (Å²) in [5, 5.41) is 23.4. The van der Waals surface area contributed by atoms with Crippen molar-refractivity contribution in [3.8, 4) is 23.1 Å². The lowest BCUT2D eigenvalue weighted by atomic mass is 10.3. The van der Waals surface area contributed by atoms with Gasteiger partial charge >= 0.3 is 11.6 Å². The number of nitrogens with one attached hydrogen (secondary N) is 1. The predicted molar refractivity (Wildman–Crippen MR) is 93.1 cm³/mol. The molecule has 0 atom stereocenters. The van der Waals surface area contributed by atoms with Crippen LogP contribution in [0.15, 0.2) is 54.7 Å². The van der Waals surface area contributed by atoms with E-state index < -0.39 is 4.92 Å². The Labute approximate surface area is 148 Å².